The molecule has 0 N–H and O–H groups in total. The van der Waals surface area contributed by atoms with Crippen molar-refractivity contribution in [3.63, 3.8) is 0 Å². The third-order valence-corrected chi connectivity index (χ3v) is 1.80. The molecule has 1 aromatic carbocycles. The van der Waals surface area contributed by atoms with E-state index < -0.39 is 16.3 Å². The van der Waals surface area contributed by atoms with E-state index in [-0.39, 0.29) is 5.75 Å². The SMILES string of the molecule is COc1cccc(OS(F)(F)(F)(F)F)c1. The smallest absolute Gasteiger partial charge is 0.435 e. The molecule has 0 bridgehead atoms. The molecule has 0 heterocycles. The van der Waals surface area contributed by atoms with Crippen molar-refractivity contribution in [3.05, 3.63) is 24.3 Å². The first kappa shape index (κ1) is 11.9. The zero-order valence-corrected chi connectivity index (χ0v) is 8.24. The summed E-state index contributed by atoms with van der Waals surface area (Å²) < 4.78 is 66.7. The van der Waals surface area contributed by atoms with E-state index in [0.717, 1.165) is 18.2 Å². The van der Waals surface area contributed by atoms with Gasteiger partial charge in [-0.05, 0) is 12.1 Å². The molecule has 0 fully saturated rings. The Morgan fingerprint density at radius 1 is 1.00 bits per heavy atom. The lowest BCUT2D eigenvalue weighted by Gasteiger charge is -2.39. The maximum Gasteiger partial charge on any atom is 0.435 e. The van der Waals surface area contributed by atoms with Crippen LogP contribution >= 0.6 is 10.5 Å². The maximum atomic E-state index is 11.9. The van der Waals surface area contributed by atoms with E-state index in [1.54, 1.807) is 0 Å². The maximum absolute atomic E-state index is 11.9. The summed E-state index contributed by atoms with van der Waals surface area (Å²) in [4.78, 5) is 0. The number of methoxy groups -OCH3 is 1. The van der Waals surface area contributed by atoms with Crippen LogP contribution in [0.15, 0.2) is 24.3 Å². The molecule has 0 unspecified atom stereocenters. The molecular formula is C7H7F5O2S. The van der Waals surface area contributed by atoms with Crippen LogP contribution in [0.1, 0.15) is 0 Å². The van der Waals surface area contributed by atoms with Gasteiger partial charge in [0.15, 0.2) is 0 Å². The van der Waals surface area contributed by atoms with Crippen LogP contribution in [0, 0.1) is 0 Å². The molecule has 0 saturated carbocycles. The van der Waals surface area contributed by atoms with E-state index >= 15 is 0 Å². The molecule has 0 amide bonds. The number of ether oxygens (including phenoxy) is 1. The van der Waals surface area contributed by atoms with Crippen molar-refractivity contribution >= 4 is 10.5 Å². The summed E-state index contributed by atoms with van der Waals surface area (Å²) >= 11 is 0. The first-order valence-electron chi connectivity index (χ1n) is 3.58. The Morgan fingerprint density at radius 2 is 1.53 bits per heavy atom. The van der Waals surface area contributed by atoms with Crippen LogP contribution in [0.5, 0.6) is 11.5 Å². The third kappa shape index (κ3) is 4.73. The topological polar surface area (TPSA) is 18.5 Å². The van der Waals surface area contributed by atoms with Crippen LogP contribution in [0.2, 0.25) is 0 Å². The minimum Gasteiger partial charge on any atom is -0.497 e. The molecule has 1 aromatic rings. The van der Waals surface area contributed by atoms with Gasteiger partial charge in [0.1, 0.15) is 11.5 Å². The minimum atomic E-state index is -9.88. The Labute approximate surface area is 82.5 Å². The molecular weight excluding hydrogens is 243 g/mol. The summed E-state index contributed by atoms with van der Waals surface area (Å²) in [6.07, 6.45) is 0. The van der Waals surface area contributed by atoms with Gasteiger partial charge in [-0.25, -0.2) is 0 Å². The van der Waals surface area contributed by atoms with Crippen LogP contribution in [-0.4, -0.2) is 7.11 Å². The van der Waals surface area contributed by atoms with Gasteiger partial charge in [0, 0.05) is 6.07 Å². The third-order valence-electron chi connectivity index (χ3n) is 1.29. The second-order valence-electron chi connectivity index (χ2n) is 2.66. The van der Waals surface area contributed by atoms with Gasteiger partial charge < -0.3 is 8.92 Å². The Bertz CT molecular complexity index is 373. The van der Waals surface area contributed by atoms with Crippen LogP contribution in [-0.2, 0) is 0 Å². The fraction of sp³-hybridized carbons (Fsp3) is 0.143. The summed E-state index contributed by atoms with van der Waals surface area (Å²) in [7, 11) is -8.69. The lowest BCUT2D eigenvalue weighted by atomic mass is 10.3. The molecule has 0 atom stereocenters. The van der Waals surface area contributed by atoms with Gasteiger partial charge in [-0.1, -0.05) is 25.5 Å². The lowest BCUT2D eigenvalue weighted by Crippen LogP contribution is -2.13. The number of rotatable bonds is 3. The van der Waals surface area contributed by atoms with Gasteiger partial charge in [0.25, 0.3) is 0 Å². The van der Waals surface area contributed by atoms with Gasteiger partial charge >= 0.3 is 10.5 Å². The van der Waals surface area contributed by atoms with E-state index in [1.807, 2.05) is 0 Å². The average Bonchev–Trinajstić information content (AvgIpc) is 1.99. The molecule has 0 spiro atoms. The van der Waals surface area contributed by atoms with Crippen LogP contribution in [0.4, 0.5) is 19.4 Å². The Morgan fingerprint density at radius 3 is 2.00 bits per heavy atom. The molecule has 0 aliphatic carbocycles. The van der Waals surface area contributed by atoms with E-state index in [0.29, 0.717) is 0 Å². The van der Waals surface area contributed by atoms with Gasteiger partial charge in [0.2, 0.25) is 0 Å². The highest BCUT2D eigenvalue weighted by Crippen LogP contribution is 2.97. The van der Waals surface area contributed by atoms with Crippen molar-refractivity contribution in [2.75, 3.05) is 7.11 Å². The number of hydrogen-bond acceptors (Lipinski definition) is 2. The number of halogens is 5. The molecule has 15 heavy (non-hydrogen) atoms. The molecule has 0 aromatic heterocycles. The van der Waals surface area contributed by atoms with Gasteiger partial charge in [-0.2, -0.15) is 0 Å². The largest absolute Gasteiger partial charge is 0.497 e. The van der Waals surface area contributed by atoms with Crippen molar-refractivity contribution in [2.45, 2.75) is 0 Å². The number of benzene rings is 1. The van der Waals surface area contributed by atoms with Crippen molar-refractivity contribution in [2.24, 2.45) is 0 Å². The quantitative estimate of drug-likeness (QED) is 0.745. The zero-order chi connectivity index (χ0) is 11.8. The van der Waals surface area contributed by atoms with Gasteiger partial charge in [-0.3, -0.25) is 0 Å². The summed E-state index contributed by atoms with van der Waals surface area (Å²) in [5.41, 5.74) is 0. The molecule has 1 rings (SSSR count). The Balaban J connectivity index is 3.01. The molecule has 0 aliphatic heterocycles. The van der Waals surface area contributed by atoms with Gasteiger partial charge in [0.05, 0.1) is 7.11 Å². The monoisotopic (exact) mass is 250 g/mol. The van der Waals surface area contributed by atoms with Crippen molar-refractivity contribution < 1.29 is 28.3 Å². The zero-order valence-electron chi connectivity index (χ0n) is 7.42. The van der Waals surface area contributed by atoms with Crippen molar-refractivity contribution in [1.29, 1.82) is 0 Å². The van der Waals surface area contributed by atoms with E-state index in [9.17, 15) is 19.4 Å². The fourth-order valence-electron chi connectivity index (χ4n) is 0.835. The summed E-state index contributed by atoms with van der Waals surface area (Å²) in [6, 6.07) is 3.90. The molecule has 0 aliphatic rings. The minimum absolute atomic E-state index is 0.00523. The van der Waals surface area contributed by atoms with E-state index in [1.165, 1.54) is 13.2 Å². The number of hydrogen-bond donors (Lipinski definition) is 0. The van der Waals surface area contributed by atoms with E-state index in [4.69, 9.17) is 0 Å². The van der Waals surface area contributed by atoms with Crippen molar-refractivity contribution in [3.8, 4) is 11.5 Å². The predicted octanol–water partition coefficient (Wildman–Crippen LogP) is 4.29. The van der Waals surface area contributed by atoms with Crippen molar-refractivity contribution in [1.82, 2.24) is 0 Å². The standard InChI is InChI=1S/C7H7F5O2S/c1-13-6-3-2-4-7(5-6)14-15(8,9,10,11)12/h2-5H,1H3. The average molecular weight is 250 g/mol. The highest BCUT2D eigenvalue weighted by Gasteiger charge is 2.67. The summed E-state index contributed by atoms with van der Waals surface area (Å²) in [6.45, 7) is 0. The summed E-state index contributed by atoms with van der Waals surface area (Å²) in [5.74, 6) is -1.01. The molecule has 0 saturated heterocycles. The van der Waals surface area contributed by atoms with Crippen LogP contribution in [0.25, 0.3) is 0 Å². The first-order chi connectivity index (χ1) is 6.49. The molecule has 2 nitrogen and oxygen atoms in total. The molecule has 88 valence electrons. The highest BCUT2D eigenvalue weighted by molar-refractivity contribution is 8.42. The lowest BCUT2D eigenvalue weighted by molar-refractivity contribution is 0.243. The second-order valence-corrected chi connectivity index (χ2v) is 4.62. The van der Waals surface area contributed by atoms with Crippen LogP contribution in [0.3, 0.4) is 0 Å². The normalized spacial score (nSPS) is 16.4. The Hall–Kier alpha value is -1.18. The highest BCUT2D eigenvalue weighted by atomic mass is 32.5. The fourth-order valence-corrected chi connectivity index (χ4v) is 1.30. The Kier molecular flexibility index (Phi) is 2.13. The predicted molar refractivity (Wildman–Crippen MR) is 46.8 cm³/mol. The summed E-state index contributed by atoms with van der Waals surface area (Å²) in [5, 5.41) is 0. The molecule has 0 radical (unpaired) electrons. The van der Waals surface area contributed by atoms with Gasteiger partial charge in [-0.15, -0.1) is 0 Å². The molecule has 8 heteroatoms. The second kappa shape index (κ2) is 2.69. The van der Waals surface area contributed by atoms with Crippen LogP contribution < -0.4 is 8.92 Å². The first-order valence-corrected chi connectivity index (χ1v) is 5.45. The van der Waals surface area contributed by atoms with E-state index in [2.05, 4.69) is 8.92 Å².